The van der Waals surface area contributed by atoms with Gasteiger partial charge in [0.25, 0.3) is 5.91 Å². The number of hydrogen-bond acceptors (Lipinski definition) is 2. The van der Waals surface area contributed by atoms with Crippen molar-refractivity contribution >= 4 is 21.8 Å². The van der Waals surface area contributed by atoms with Crippen LogP contribution in [0.1, 0.15) is 48.9 Å². The number of nitrogens with zero attached hydrogens (tertiary/aromatic N) is 1. The highest BCUT2D eigenvalue weighted by Crippen LogP contribution is 2.36. The van der Waals surface area contributed by atoms with E-state index in [4.69, 9.17) is 4.42 Å². The first kappa shape index (κ1) is 12.3. The fourth-order valence-corrected chi connectivity index (χ4v) is 3.89. The van der Waals surface area contributed by atoms with Crippen molar-refractivity contribution in [3.05, 3.63) is 22.6 Å². The van der Waals surface area contributed by atoms with Crippen LogP contribution in [0.3, 0.4) is 0 Å². The Balaban J connectivity index is 1.82. The molecule has 4 heteroatoms. The first-order valence-corrected chi connectivity index (χ1v) is 7.60. The minimum Gasteiger partial charge on any atom is -0.457 e. The summed E-state index contributed by atoms with van der Waals surface area (Å²) in [7, 11) is 0. The first-order valence-electron chi connectivity index (χ1n) is 6.81. The fraction of sp³-hybridized carbons (Fsp3) is 0.643. The van der Waals surface area contributed by atoms with Gasteiger partial charge in [-0.25, -0.2) is 0 Å². The summed E-state index contributed by atoms with van der Waals surface area (Å²) in [5.41, 5.74) is 0.668. The lowest BCUT2D eigenvalue weighted by atomic mass is 9.78. The summed E-state index contributed by atoms with van der Waals surface area (Å²) < 4.78 is 5.74. The van der Waals surface area contributed by atoms with E-state index in [1.807, 2.05) is 0 Å². The van der Waals surface area contributed by atoms with Crippen LogP contribution in [0.2, 0.25) is 0 Å². The Morgan fingerprint density at radius 3 is 2.83 bits per heavy atom. The van der Waals surface area contributed by atoms with Crippen LogP contribution in [-0.4, -0.2) is 23.4 Å². The molecular formula is C14H18BrNO2. The van der Waals surface area contributed by atoms with Gasteiger partial charge in [-0.3, -0.25) is 4.79 Å². The zero-order valence-electron chi connectivity index (χ0n) is 10.4. The Morgan fingerprint density at radius 1 is 1.28 bits per heavy atom. The summed E-state index contributed by atoms with van der Waals surface area (Å²) in [5.74, 6) is 0.856. The number of amides is 1. The van der Waals surface area contributed by atoms with Crippen LogP contribution in [0.4, 0.5) is 0 Å². The maximum atomic E-state index is 12.6. The van der Waals surface area contributed by atoms with Crippen LogP contribution in [0.25, 0.3) is 0 Å². The second-order valence-electron chi connectivity index (χ2n) is 5.36. The van der Waals surface area contributed by atoms with Gasteiger partial charge in [-0.05, 0) is 53.6 Å². The summed E-state index contributed by atoms with van der Waals surface area (Å²) in [6, 6.07) is 2.22. The number of carbonyl (C=O) groups excluding carboxylic acids is 1. The van der Waals surface area contributed by atoms with E-state index in [-0.39, 0.29) is 5.91 Å². The number of fused-ring (bicyclic) bond motifs is 1. The smallest absolute Gasteiger partial charge is 0.258 e. The lowest BCUT2D eigenvalue weighted by molar-refractivity contribution is 0.0389. The molecule has 2 fully saturated rings. The molecule has 0 bridgehead atoms. The normalized spacial score (nSPS) is 27.9. The Morgan fingerprint density at radius 2 is 2.06 bits per heavy atom. The van der Waals surface area contributed by atoms with Gasteiger partial charge >= 0.3 is 0 Å². The van der Waals surface area contributed by atoms with Crippen molar-refractivity contribution in [3.63, 3.8) is 0 Å². The predicted octanol–water partition coefficient (Wildman–Crippen LogP) is 3.84. The summed E-state index contributed by atoms with van der Waals surface area (Å²) in [6.45, 7) is 0.900. The monoisotopic (exact) mass is 311 g/mol. The SMILES string of the molecule is O=C(c1ccoc1Br)N1CCC[C@H]2CCCC[C@H]21. The van der Waals surface area contributed by atoms with Gasteiger partial charge in [0.15, 0.2) is 4.67 Å². The standard InChI is InChI=1S/C14H18BrNO2/c15-13-11(7-9-18-13)14(17)16-8-3-5-10-4-1-2-6-12(10)16/h7,9-10,12H,1-6,8H2/t10-,12-/m1/s1. The van der Waals surface area contributed by atoms with Crippen LogP contribution in [0.5, 0.6) is 0 Å². The molecule has 2 aliphatic rings. The number of furan rings is 1. The van der Waals surface area contributed by atoms with Crippen molar-refractivity contribution in [1.82, 2.24) is 4.90 Å². The molecule has 3 rings (SSSR count). The van der Waals surface area contributed by atoms with Gasteiger partial charge in [0.2, 0.25) is 0 Å². The van der Waals surface area contributed by atoms with E-state index in [0.29, 0.717) is 16.3 Å². The minimum atomic E-state index is 0.132. The largest absolute Gasteiger partial charge is 0.457 e. The molecule has 1 aliphatic heterocycles. The molecular weight excluding hydrogens is 294 g/mol. The third kappa shape index (κ3) is 2.11. The lowest BCUT2D eigenvalue weighted by Gasteiger charge is -2.44. The highest BCUT2D eigenvalue weighted by molar-refractivity contribution is 9.10. The molecule has 1 aromatic rings. The fourth-order valence-electron chi connectivity index (χ4n) is 3.48. The Labute approximate surface area is 116 Å². The summed E-state index contributed by atoms with van der Waals surface area (Å²) in [4.78, 5) is 14.7. The second kappa shape index (κ2) is 5.08. The van der Waals surface area contributed by atoms with Crippen molar-refractivity contribution in [2.24, 2.45) is 5.92 Å². The number of halogens is 1. The molecule has 0 spiro atoms. The maximum Gasteiger partial charge on any atom is 0.258 e. The Kier molecular flexibility index (Phi) is 3.46. The topological polar surface area (TPSA) is 33.5 Å². The van der Waals surface area contributed by atoms with Crippen LogP contribution in [-0.2, 0) is 0 Å². The van der Waals surface area contributed by atoms with Crippen molar-refractivity contribution in [3.8, 4) is 0 Å². The molecule has 0 N–H and O–H groups in total. The van der Waals surface area contributed by atoms with Gasteiger partial charge in [-0.2, -0.15) is 0 Å². The average Bonchev–Trinajstić information content (AvgIpc) is 2.83. The van der Waals surface area contributed by atoms with Crippen molar-refractivity contribution in [2.45, 2.75) is 44.6 Å². The van der Waals surface area contributed by atoms with E-state index in [1.54, 1.807) is 12.3 Å². The van der Waals surface area contributed by atoms with Crippen LogP contribution < -0.4 is 0 Å². The molecule has 1 saturated carbocycles. The number of piperidine rings is 1. The third-order valence-electron chi connectivity index (χ3n) is 4.35. The third-order valence-corrected chi connectivity index (χ3v) is 4.97. The number of hydrogen-bond donors (Lipinski definition) is 0. The minimum absolute atomic E-state index is 0.132. The molecule has 98 valence electrons. The van der Waals surface area contributed by atoms with Crippen molar-refractivity contribution in [1.29, 1.82) is 0 Å². The molecule has 2 heterocycles. The number of likely N-dealkylation sites (tertiary alicyclic amines) is 1. The summed E-state index contributed by atoms with van der Waals surface area (Å²) in [5, 5.41) is 0. The lowest BCUT2D eigenvalue weighted by Crippen LogP contribution is -2.49. The quantitative estimate of drug-likeness (QED) is 0.789. The van der Waals surface area contributed by atoms with Gasteiger partial charge in [-0.1, -0.05) is 12.8 Å². The highest BCUT2D eigenvalue weighted by Gasteiger charge is 2.36. The second-order valence-corrected chi connectivity index (χ2v) is 6.08. The zero-order valence-corrected chi connectivity index (χ0v) is 12.0. The van der Waals surface area contributed by atoms with Gasteiger partial charge in [0, 0.05) is 12.6 Å². The molecule has 1 amide bonds. The highest BCUT2D eigenvalue weighted by atomic mass is 79.9. The number of rotatable bonds is 1. The first-order chi connectivity index (χ1) is 8.77. The Bertz CT molecular complexity index is 441. The van der Waals surface area contributed by atoms with Crippen LogP contribution in [0, 0.1) is 5.92 Å². The predicted molar refractivity (Wildman–Crippen MR) is 72.4 cm³/mol. The van der Waals surface area contributed by atoms with Crippen LogP contribution >= 0.6 is 15.9 Å². The van der Waals surface area contributed by atoms with E-state index >= 15 is 0 Å². The molecule has 3 nitrogen and oxygen atoms in total. The summed E-state index contributed by atoms with van der Waals surface area (Å²) >= 11 is 3.31. The molecule has 1 aliphatic carbocycles. The zero-order chi connectivity index (χ0) is 12.5. The molecule has 18 heavy (non-hydrogen) atoms. The van der Waals surface area contributed by atoms with Gasteiger partial charge in [-0.15, -0.1) is 0 Å². The van der Waals surface area contributed by atoms with E-state index in [0.717, 1.165) is 18.9 Å². The number of carbonyl (C=O) groups is 1. The molecule has 0 radical (unpaired) electrons. The Hall–Kier alpha value is -0.770. The van der Waals surface area contributed by atoms with E-state index in [1.165, 1.54) is 32.1 Å². The molecule has 0 aromatic carbocycles. The maximum absolute atomic E-state index is 12.6. The molecule has 1 saturated heterocycles. The van der Waals surface area contributed by atoms with Gasteiger partial charge in [0.05, 0.1) is 11.8 Å². The van der Waals surface area contributed by atoms with Gasteiger partial charge in [0.1, 0.15) is 0 Å². The molecule has 2 atom stereocenters. The van der Waals surface area contributed by atoms with Crippen molar-refractivity contribution < 1.29 is 9.21 Å². The molecule has 1 aromatic heterocycles. The van der Waals surface area contributed by atoms with Crippen LogP contribution in [0.15, 0.2) is 21.4 Å². The van der Waals surface area contributed by atoms with Crippen molar-refractivity contribution in [2.75, 3.05) is 6.54 Å². The van der Waals surface area contributed by atoms with E-state index < -0.39 is 0 Å². The average molecular weight is 312 g/mol. The van der Waals surface area contributed by atoms with E-state index in [2.05, 4.69) is 20.8 Å². The van der Waals surface area contributed by atoms with Gasteiger partial charge < -0.3 is 9.32 Å². The van der Waals surface area contributed by atoms with E-state index in [9.17, 15) is 4.79 Å². The summed E-state index contributed by atoms with van der Waals surface area (Å²) in [6.07, 6.45) is 9.06. The molecule has 0 unspecified atom stereocenters.